The van der Waals surface area contributed by atoms with Crippen molar-refractivity contribution in [2.75, 3.05) is 0 Å². The average molecular weight is 291 g/mol. The third-order valence-electron chi connectivity index (χ3n) is 3.13. The van der Waals surface area contributed by atoms with E-state index in [9.17, 15) is 18.7 Å². The fourth-order valence-corrected chi connectivity index (χ4v) is 2.64. The van der Waals surface area contributed by atoms with Crippen LogP contribution in [-0.2, 0) is 10.2 Å². The van der Waals surface area contributed by atoms with Crippen molar-refractivity contribution in [1.29, 1.82) is 0 Å². The van der Waals surface area contributed by atoms with Crippen LogP contribution in [0.25, 0.3) is 0 Å². The van der Waals surface area contributed by atoms with Crippen LogP contribution in [0.15, 0.2) is 16.6 Å². The SMILES string of the molecule is O=C(O)C1(c2cc(F)cc(F)c2Br)CCC1. The van der Waals surface area contributed by atoms with Crippen LogP contribution >= 0.6 is 15.9 Å². The molecule has 5 heteroatoms. The molecule has 0 saturated heterocycles. The Kier molecular flexibility index (Phi) is 2.74. The highest BCUT2D eigenvalue weighted by atomic mass is 79.9. The highest BCUT2D eigenvalue weighted by Crippen LogP contribution is 2.47. The molecule has 0 atom stereocenters. The van der Waals surface area contributed by atoms with Gasteiger partial charge in [0.1, 0.15) is 11.6 Å². The minimum Gasteiger partial charge on any atom is -0.481 e. The molecular formula is C11H9BrF2O2. The molecule has 1 saturated carbocycles. The molecule has 0 bridgehead atoms. The van der Waals surface area contributed by atoms with E-state index in [1.165, 1.54) is 0 Å². The third-order valence-corrected chi connectivity index (χ3v) is 3.93. The molecule has 86 valence electrons. The number of rotatable bonds is 2. The normalized spacial score (nSPS) is 17.9. The van der Waals surface area contributed by atoms with Gasteiger partial charge < -0.3 is 5.11 Å². The van der Waals surface area contributed by atoms with Crippen molar-refractivity contribution in [1.82, 2.24) is 0 Å². The largest absolute Gasteiger partial charge is 0.481 e. The molecule has 2 nitrogen and oxygen atoms in total. The van der Waals surface area contributed by atoms with E-state index in [4.69, 9.17) is 0 Å². The molecular weight excluding hydrogens is 282 g/mol. The molecule has 1 N–H and O–H groups in total. The number of hydrogen-bond donors (Lipinski definition) is 1. The van der Waals surface area contributed by atoms with Gasteiger partial charge in [-0.3, -0.25) is 4.79 Å². The summed E-state index contributed by atoms with van der Waals surface area (Å²) in [6.07, 6.45) is 1.60. The number of carbonyl (C=O) groups is 1. The maximum absolute atomic E-state index is 13.3. The number of benzene rings is 1. The van der Waals surface area contributed by atoms with Crippen LogP contribution in [-0.4, -0.2) is 11.1 Å². The first kappa shape index (κ1) is 11.5. The molecule has 1 aliphatic rings. The Labute approximate surface area is 99.4 Å². The molecule has 0 amide bonds. The van der Waals surface area contributed by atoms with Crippen molar-refractivity contribution in [3.63, 3.8) is 0 Å². The lowest BCUT2D eigenvalue weighted by atomic mass is 9.64. The predicted octanol–water partition coefficient (Wildman–Crippen LogP) is 3.23. The molecule has 1 fully saturated rings. The molecule has 0 spiro atoms. The van der Waals surface area contributed by atoms with Gasteiger partial charge in [0, 0.05) is 6.07 Å². The zero-order valence-corrected chi connectivity index (χ0v) is 9.85. The van der Waals surface area contributed by atoms with Crippen molar-refractivity contribution >= 4 is 21.9 Å². The van der Waals surface area contributed by atoms with Crippen molar-refractivity contribution in [3.8, 4) is 0 Å². The van der Waals surface area contributed by atoms with Gasteiger partial charge in [-0.2, -0.15) is 0 Å². The monoisotopic (exact) mass is 290 g/mol. The van der Waals surface area contributed by atoms with Gasteiger partial charge in [-0.1, -0.05) is 6.42 Å². The second kappa shape index (κ2) is 3.80. The lowest BCUT2D eigenvalue weighted by Crippen LogP contribution is -2.42. The Morgan fingerprint density at radius 2 is 2.00 bits per heavy atom. The first-order chi connectivity index (χ1) is 7.47. The Morgan fingerprint density at radius 1 is 1.38 bits per heavy atom. The van der Waals surface area contributed by atoms with Crippen LogP contribution in [0.1, 0.15) is 24.8 Å². The standard InChI is InChI=1S/C11H9BrF2O2/c12-9-7(4-6(13)5-8(9)14)11(10(15)16)2-1-3-11/h4-5H,1-3H2,(H,15,16). The smallest absolute Gasteiger partial charge is 0.314 e. The van der Waals surface area contributed by atoms with E-state index in [2.05, 4.69) is 15.9 Å². The van der Waals surface area contributed by atoms with Crippen LogP contribution in [0.4, 0.5) is 8.78 Å². The molecule has 1 aromatic rings. The Morgan fingerprint density at radius 3 is 2.44 bits per heavy atom. The third kappa shape index (κ3) is 1.54. The second-order valence-corrected chi connectivity index (χ2v) is 4.78. The molecule has 0 aromatic heterocycles. The summed E-state index contributed by atoms with van der Waals surface area (Å²) in [4.78, 5) is 11.2. The molecule has 1 aromatic carbocycles. The summed E-state index contributed by atoms with van der Waals surface area (Å²) in [6, 6.07) is 1.84. The summed E-state index contributed by atoms with van der Waals surface area (Å²) in [5.74, 6) is -2.53. The van der Waals surface area contributed by atoms with E-state index in [-0.39, 0.29) is 10.0 Å². The molecule has 0 radical (unpaired) electrons. The van der Waals surface area contributed by atoms with E-state index in [1.807, 2.05) is 0 Å². The Balaban J connectivity index is 2.59. The van der Waals surface area contributed by atoms with Crippen LogP contribution < -0.4 is 0 Å². The highest BCUT2D eigenvalue weighted by molar-refractivity contribution is 9.10. The van der Waals surface area contributed by atoms with Crippen molar-refractivity contribution < 1.29 is 18.7 Å². The number of aliphatic carboxylic acids is 1. The van der Waals surface area contributed by atoms with Crippen molar-refractivity contribution in [2.45, 2.75) is 24.7 Å². The van der Waals surface area contributed by atoms with Gasteiger partial charge in [-0.15, -0.1) is 0 Å². The van der Waals surface area contributed by atoms with E-state index < -0.39 is 23.0 Å². The molecule has 0 unspecified atom stereocenters. The first-order valence-corrected chi connectivity index (χ1v) is 5.65. The first-order valence-electron chi connectivity index (χ1n) is 4.86. The molecule has 1 aliphatic carbocycles. The van der Waals surface area contributed by atoms with Crippen LogP contribution in [0.5, 0.6) is 0 Å². The van der Waals surface area contributed by atoms with Gasteiger partial charge in [0.05, 0.1) is 9.89 Å². The van der Waals surface area contributed by atoms with Crippen molar-refractivity contribution in [2.24, 2.45) is 0 Å². The minimum absolute atomic E-state index is 0.0519. The fourth-order valence-electron chi connectivity index (χ4n) is 2.03. The predicted molar refractivity (Wildman–Crippen MR) is 57.2 cm³/mol. The van der Waals surface area contributed by atoms with Gasteiger partial charge in [0.15, 0.2) is 0 Å². The lowest BCUT2D eigenvalue weighted by molar-refractivity contribution is -0.147. The zero-order chi connectivity index (χ0) is 11.9. The Hall–Kier alpha value is -0.970. The van der Waals surface area contributed by atoms with Crippen molar-refractivity contribution in [3.05, 3.63) is 33.8 Å². The quantitative estimate of drug-likeness (QED) is 0.849. The zero-order valence-electron chi connectivity index (χ0n) is 8.27. The molecule has 0 aliphatic heterocycles. The van der Waals surface area contributed by atoms with Crippen LogP contribution in [0.2, 0.25) is 0 Å². The van der Waals surface area contributed by atoms with Gasteiger partial charge >= 0.3 is 5.97 Å². The van der Waals surface area contributed by atoms with E-state index >= 15 is 0 Å². The number of halogens is 3. The van der Waals surface area contributed by atoms with E-state index in [1.54, 1.807) is 0 Å². The summed E-state index contributed by atoms with van der Waals surface area (Å²) in [5.41, 5.74) is -0.925. The van der Waals surface area contributed by atoms with Crippen LogP contribution in [0.3, 0.4) is 0 Å². The summed E-state index contributed by atoms with van der Waals surface area (Å²) in [5, 5.41) is 9.18. The van der Waals surface area contributed by atoms with Gasteiger partial charge in [0.25, 0.3) is 0 Å². The van der Waals surface area contributed by atoms with E-state index in [0.29, 0.717) is 12.8 Å². The number of carboxylic acids is 1. The summed E-state index contributed by atoms with van der Waals surface area (Å²) >= 11 is 2.99. The minimum atomic E-state index is -1.12. The lowest BCUT2D eigenvalue weighted by Gasteiger charge is -2.38. The van der Waals surface area contributed by atoms with Gasteiger partial charge in [0.2, 0.25) is 0 Å². The number of carboxylic acid groups (broad SMARTS) is 1. The second-order valence-electron chi connectivity index (χ2n) is 3.99. The summed E-state index contributed by atoms with van der Waals surface area (Å²) in [7, 11) is 0. The molecule has 2 rings (SSSR count). The molecule has 16 heavy (non-hydrogen) atoms. The van der Waals surface area contributed by atoms with Crippen LogP contribution in [0, 0.1) is 11.6 Å². The maximum Gasteiger partial charge on any atom is 0.314 e. The van der Waals surface area contributed by atoms with Gasteiger partial charge in [-0.25, -0.2) is 8.78 Å². The Bertz CT molecular complexity index is 456. The summed E-state index contributed by atoms with van der Waals surface area (Å²) in [6.45, 7) is 0. The topological polar surface area (TPSA) is 37.3 Å². The van der Waals surface area contributed by atoms with Gasteiger partial charge in [-0.05, 0) is 40.4 Å². The maximum atomic E-state index is 13.3. The number of hydrogen-bond acceptors (Lipinski definition) is 1. The average Bonchev–Trinajstić information content (AvgIpc) is 2.10. The summed E-state index contributed by atoms with van der Waals surface area (Å²) < 4.78 is 26.5. The fraction of sp³-hybridized carbons (Fsp3) is 0.364. The van der Waals surface area contributed by atoms with E-state index in [0.717, 1.165) is 18.6 Å². The molecule has 0 heterocycles. The highest BCUT2D eigenvalue weighted by Gasteiger charge is 2.47.